The summed E-state index contributed by atoms with van der Waals surface area (Å²) in [6, 6.07) is 13.6. The molecule has 0 aliphatic heterocycles. The van der Waals surface area contributed by atoms with Gasteiger partial charge >= 0.3 is 0 Å². The van der Waals surface area contributed by atoms with Crippen LogP contribution < -0.4 is 0 Å². The van der Waals surface area contributed by atoms with Crippen LogP contribution >= 0.6 is 23.2 Å². The molecule has 20 heavy (non-hydrogen) atoms. The standard InChI is InChI=1S/C16H10Cl2N2/c17-15-5-13(6-16(18)7-15)11-2-1-3-12(4-11)14-8-19-10-20-9-14/h1-10H. The van der Waals surface area contributed by atoms with Gasteiger partial charge in [0.05, 0.1) is 0 Å². The van der Waals surface area contributed by atoms with Crippen molar-refractivity contribution in [1.82, 2.24) is 9.97 Å². The first-order valence-electron chi connectivity index (χ1n) is 6.04. The molecule has 1 heterocycles. The first-order chi connectivity index (χ1) is 9.72. The summed E-state index contributed by atoms with van der Waals surface area (Å²) in [5, 5.41) is 1.25. The van der Waals surface area contributed by atoms with Crippen LogP contribution in [0.15, 0.2) is 61.2 Å². The Labute approximate surface area is 127 Å². The fourth-order valence-corrected chi connectivity index (χ4v) is 2.57. The van der Waals surface area contributed by atoms with Gasteiger partial charge in [-0.25, -0.2) is 9.97 Å². The van der Waals surface area contributed by atoms with E-state index in [9.17, 15) is 0 Å². The van der Waals surface area contributed by atoms with Crippen LogP contribution in [-0.4, -0.2) is 9.97 Å². The number of halogens is 2. The monoisotopic (exact) mass is 300 g/mol. The number of hydrogen-bond donors (Lipinski definition) is 0. The molecule has 0 radical (unpaired) electrons. The van der Waals surface area contributed by atoms with Gasteiger partial charge in [0.15, 0.2) is 0 Å². The van der Waals surface area contributed by atoms with Crippen LogP contribution in [0.3, 0.4) is 0 Å². The Balaban J connectivity index is 2.07. The summed E-state index contributed by atoms with van der Waals surface area (Å²) in [4.78, 5) is 8.08. The van der Waals surface area contributed by atoms with Crippen LogP contribution in [0.1, 0.15) is 0 Å². The number of rotatable bonds is 2. The highest BCUT2D eigenvalue weighted by molar-refractivity contribution is 6.35. The fourth-order valence-electron chi connectivity index (χ4n) is 2.05. The van der Waals surface area contributed by atoms with E-state index in [0.717, 1.165) is 22.3 Å². The van der Waals surface area contributed by atoms with E-state index < -0.39 is 0 Å². The minimum atomic E-state index is 0.626. The molecule has 0 atom stereocenters. The Morgan fingerprint density at radius 2 is 1.25 bits per heavy atom. The van der Waals surface area contributed by atoms with Gasteiger partial charge in [0.2, 0.25) is 0 Å². The quantitative estimate of drug-likeness (QED) is 0.656. The molecule has 0 N–H and O–H groups in total. The second-order valence-corrected chi connectivity index (χ2v) is 5.24. The normalized spacial score (nSPS) is 10.5. The summed E-state index contributed by atoms with van der Waals surface area (Å²) in [5.74, 6) is 0. The molecule has 0 bridgehead atoms. The number of hydrogen-bond acceptors (Lipinski definition) is 2. The minimum absolute atomic E-state index is 0.626. The van der Waals surface area contributed by atoms with Gasteiger partial charge in [-0.05, 0) is 41.0 Å². The molecule has 2 aromatic carbocycles. The minimum Gasteiger partial charge on any atom is -0.244 e. The van der Waals surface area contributed by atoms with Gasteiger partial charge in [-0.2, -0.15) is 0 Å². The third-order valence-corrected chi connectivity index (χ3v) is 3.39. The molecular weight excluding hydrogens is 291 g/mol. The van der Waals surface area contributed by atoms with Crippen LogP contribution in [0.2, 0.25) is 10.0 Å². The Morgan fingerprint density at radius 1 is 0.650 bits per heavy atom. The maximum Gasteiger partial charge on any atom is 0.115 e. The molecule has 0 unspecified atom stereocenters. The van der Waals surface area contributed by atoms with Crippen LogP contribution in [0.5, 0.6) is 0 Å². The lowest BCUT2D eigenvalue weighted by Crippen LogP contribution is -1.84. The predicted octanol–water partition coefficient (Wildman–Crippen LogP) is 5.12. The van der Waals surface area contributed by atoms with Crippen molar-refractivity contribution in [3.8, 4) is 22.3 Å². The van der Waals surface area contributed by atoms with Crippen molar-refractivity contribution in [3.05, 3.63) is 71.2 Å². The molecule has 0 fully saturated rings. The first-order valence-corrected chi connectivity index (χ1v) is 6.80. The van der Waals surface area contributed by atoms with E-state index in [-0.39, 0.29) is 0 Å². The highest BCUT2D eigenvalue weighted by Gasteiger charge is 2.04. The topological polar surface area (TPSA) is 25.8 Å². The second-order valence-electron chi connectivity index (χ2n) is 4.37. The number of benzene rings is 2. The zero-order chi connectivity index (χ0) is 13.9. The maximum atomic E-state index is 6.05. The molecule has 2 nitrogen and oxygen atoms in total. The fraction of sp³-hybridized carbons (Fsp3) is 0. The number of aromatic nitrogens is 2. The average Bonchev–Trinajstić information content (AvgIpc) is 2.47. The predicted molar refractivity (Wildman–Crippen MR) is 82.9 cm³/mol. The lowest BCUT2D eigenvalue weighted by Gasteiger charge is -2.06. The molecule has 3 aromatic rings. The van der Waals surface area contributed by atoms with Crippen molar-refractivity contribution in [2.75, 3.05) is 0 Å². The highest BCUT2D eigenvalue weighted by Crippen LogP contribution is 2.29. The lowest BCUT2D eigenvalue weighted by atomic mass is 10.0. The van der Waals surface area contributed by atoms with Gasteiger partial charge in [-0.15, -0.1) is 0 Å². The number of nitrogens with zero attached hydrogens (tertiary/aromatic N) is 2. The van der Waals surface area contributed by atoms with Gasteiger partial charge in [0.25, 0.3) is 0 Å². The highest BCUT2D eigenvalue weighted by atomic mass is 35.5. The summed E-state index contributed by atoms with van der Waals surface area (Å²) in [6.45, 7) is 0. The smallest absolute Gasteiger partial charge is 0.115 e. The lowest BCUT2D eigenvalue weighted by molar-refractivity contribution is 1.17. The molecule has 0 amide bonds. The zero-order valence-corrected chi connectivity index (χ0v) is 11.9. The molecule has 0 saturated heterocycles. The SMILES string of the molecule is Clc1cc(Cl)cc(-c2cccc(-c3cncnc3)c2)c1. The maximum absolute atomic E-state index is 6.05. The van der Waals surface area contributed by atoms with E-state index in [4.69, 9.17) is 23.2 Å². The summed E-state index contributed by atoms with van der Waals surface area (Å²) in [5.41, 5.74) is 4.07. The molecule has 0 aliphatic carbocycles. The second kappa shape index (κ2) is 5.61. The van der Waals surface area contributed by atoms with Crippen LogP contribution in [0.25, 0.3) is 22.3 Å². The Bertz CT molecular complexity index is 722. The van der Waals surface area contributed by atoms with Crippen LogP contribution in [0.4, 0.5) is 0 Å². The van der Waals surface area contributed by atoms with Crippen molar-refractivity contribution in [2.24, 2.45) is 0 Å². The first kappa shape index (κ1) is 13.1. The van der Waals surface area contributed by atoms with E-state index in [0.29, 0.717) is 10.0 Å². The Kier molecular flexibility index (Phi) is 3.68. The van der Waals surface area contributed by atoms with E-state index >= 15 is 0 Å². The van der Waals surface area contributed by atoms with Gasteiger partial charge in [0, 0.05) is 28.0 Å². The van der Waals surface area contributed by atoms with E-state index in [2.05, 4.69) is 16.0 Å². The molecule has 98 valence electrons. The van der Waals surface area contributed by atoms with Crippen LogP contribution in [0, 0.1) is 0 Å². The van der Waals surface area contributed by atoms with Gasteiger partial charge in [-0.1, -0.05) is 41.4 Å². The van der Waals surface area contributed by atoms with E-state index in [1.165, 1.54) is 6.33 Å². The van der Waals surface area contributed by atoms with Gasteiger partial charge in [-0.3, -0.25) is 0 Å². The van der Waals surface area contributed by atoms with Gasteiger partial charge in [0.1, 0.15) is 6.33 Å². The zero-order valence-electron chi connectivity index (χ0n) is 10.4. The van der Waals surface area contributed by atoms with E-state index in [1.807, 2.05) is 30.3 Å². The van der Waals surface area contributed by atoms with Crippen molar-refractivity contribution in [1.29, 1.82) is 0 Å². The van der Waals surface area contributed by atoms with Crippen molar-refractivity contribution in [3.63, 3.8) is 0 Å². The van der Waals surface area contributed by atoms with Crippen molar-refractivity contribution in [2.45, 2.75) is 0 Å². The Morgan fingerprint density at radius 3 is 1.90 bits per heavy atom. The molecule has 0 spiro atoms. The molecular formula is C16H10Cl2N2. The Hall–Kier alpha value is -1.90. The molecule has 3 rings (SSSR count). The summed E-state index contributed by atoms with van der Waals surface area (Å²) in [6.07, 6.45) is 5.10. The molecule has 0 saturated carbocycles. The largest absolute Gasteiger partial charge is 0.244 e. The van der Waals surface area contributed by atoms with Crippen molar-refractivity contribution >= 4 is 23.2 Å². The third-order valence-electron chi connectivity index (χ3n) is 2.95. The van der Waals surface area contributed by atoms with Gasteiger partial charge < -0.3 is 0 Å². The van der Waals surface area contributed by atoms with Crippen molar-refractivity contribution < 1.29 is 0 Å². The molecule has 1 aromatic heterocycles. The van der Waals surface area contributed by atoms with Crippen LogP contribution in [-0.2, 0) is 0 Å². The molecule has 4 heteroatoms. The third kappa shape index (κ3) is 2.82. The van der Waals surface area contributed by atoms with E-state index in [1.54, 1.807) is 18.5 Å². The summed E-state index contributed by atoms with van der Waals surface area (Å²) >= 11 is 12.1. The summed E-state index contributed by atoms with van der Waals surface area (Å²) < 4.78 is 0. The molecule has 0 aliphatic rings. The average molecular weight is 301 g/mol. The summed E-state index contributed by atoms with van der Waals surface area (Å²) in [7, 11) is 0.